The Hall–Kier alpha value is -0.570. The van der Waals surface area contributed by atoms with Crippen molar-refractivity contribution in [3.8, 4) is 0 Å². The van der Waals surface area contributed by atoms with Crippen LogP contribution in [0.15, 0.2) is 0 Å². The Labute approximate surface area is 92.4 Å². The SMILES string of the molecule is CC(C)(C)OC(=O)C1(CCN)CCCC1. The van der Waals surface area contributed by atoms with Crippen LogP contribution in [0.2, 0.25) is 0 Å². The third-order valence-electron chi connectivity index (χ3n) is 3.02. The van der Waals surface area contributed by atoms with Crippen LogP contribution < -0.4 is 5.73 Å². The summed E-state index contributed by atoms with van der Waals surface area (Å²) in [7, 11) is 0. The minimum absolute atomic E-state index is 0.0436. The highest BCUT2D eigenvalue weighted by Gasteiger charge is 2.43. The van der Waals surface area contributed by atoms with Crippen LogP contribution >= 0.6 is 0 Å². The molecule has 3 nitrogen and oxygen atoms in total. The molecule has 0 unspecified atom stereocenters. The molecule has 0 aromatic rings. The fourth-order valence-electron chi connectivity index (χ4n) is 2.27. The summed E-state index contributed by atoms with van der Waals surface area (Å²) in [6, 6.07) is 0. The molecule has 0 radical (unpaired) electrons. The van der Waals surface area contributed by atoms with E-state index in [0.717, 1.165) is 32.1 Å². The predicted octanol–water partition coefficient (Wildman–Crippen LogP) is 2.24. The molecule has 0 saturated heterocycles. The van der Waals surface area contributed by atoms with Crippen LogP contribution in [0.1, 0.15) is 52.9 Å². The van der Waals surface area contributed by atoms with Crippen LogP contribution in [0.3, 0.4) is 0 Å². The molecule has 1 fully saturated rings. The number of ether oxygens (including phenoxy) is 1. The van der Waals surface area contributed by atoms with Gasteiger partial charge in [-0.1, -0.05) is 12.8 Å². The molecule has 88 valence electrons. The van der Waals surface area contributed by atoms with Gasteiger partial charge in [-0.3, -0.25) is 4.79 Å². The van der Waals surface area contributed by atoms with Crippen LogP contribution in [-0.4, -0.2) is 18.1 Å². The van der Waals surface area contributed by atoms with Crippen LogP contribution in [0, 0.1) is 5.41 Å². The highest BCUT2D eigenvalue weighted by molar-refractivity contribution is 5.77. The average Bonchev–Trinajstić information content (AvgIpc) is 2.51. The molecule has 3 heteroatoms. The quantitative estimate of drug-likeness (QED) is 0.731. The summed E-state index contributed by atoms with van der Waals surface area (Å²) in [5.41, 5.74) is 4.92. The van der Waals surface area contributed by atoms with E-state index in [1.807, 2.05) is 20.8 Å². The van der Waals surface area contributed by atoms with E-state index >= 15 is 0 Å². The van der Waals surface area contributed by atoms with Gasteiger partial charge in [0.15, 0.2) is 0 Å². The summed E-state index contributed by atoms with van der Waals surface area (Å²) < 4.78 is 5.48. The lowest BCUT2D eigenvalue weighted by Crippen LogP contribution is -2.37. The summed E-state index contributed by atoms with van der Waals surface area (Å²) in [5, 5.41) is 0. The van der Waals surface area contributed by atoms with Crippen molar-refractivity contribution in [3.05, 3.63) is 0 Å². The Kier molecular flexibility index (Phi) is 3.77. The van der Waals surface area contributed by atoms with Gasteiger partial charge in [0.2, 0.25) is 0 Å². The Morgan fingerprint density at radius 1 is 1.33 bits per heavy atom. The van der Waals surface area contributed by atoms with Gasteiger partial charge in [0.1, 0.15) is 5.60 Å². The Bertz CT molecular complexity index is 224. The highest BCUT2D eigenvalue weighted by Crippen LogP contribution is 2.42. The zero-order valence-corrected chi connectivity index (χ0v) is 10.1. The maximum atomic E-state index is 12.1. The van der Waals surface area contributed by atoms with Crippen LogP contribution in [-0.2, 0) is 9.53 Å². The lowest BCUT2D eigenvalue weighted by molar-refractivity contribution is -0.167. The molecule has 0 bridgehead atoms. The van der Waals surface area contributed by atoms with Crippen molar-refractivity contribution >= 4 is 5.97 Å². The van der Waals surface area contributed by atoms with Gasteiger partial charge < -0.3 is 10.5 Å². The molecule has 2 N–H and O–H groups in total. The number of hydrogen-bond donors (Lipinski definition) is 1. The molecule has 0 aromatic heterocycles. The Morgan fingerprint density at radius 2 is 1.87 bits per heavy atom. The minimum atomic E-state index is -0.388. The van der Waals surface area contributed by atoms with Gasteiger partial charge in [0.05, 0.1) is 5.41 Å². The molecule has 1 saturated carbocycles. The van der Waals surface area contributed by atoms with Crippen LogP contribution in [0.5, 0.6) is 0 Å². The maximum absolute atomic E-state index is 12.1. The lowest BCUT2D eigenvalue weighted by atomic mass is 9.82. The van der Waals surface area contributed by atoms with Crippen molar-refractivity contribution in [2.75, 3.05) is 6.54 Å². The molecule has 0 heterocycles. The van der Waals surface area contributed by atoms with Gasteiger partial charge in [-0.15, -0.1) is 0 Å². The van der Waals surface area contributed by atoms with E-state index in [-0.39, 0.29) is 17.0 Å². The summed E-state index contributed by atoms with van der Waals surface area (Å²) >= 11 is 0. The first-order valence-electron chi connectivity index (χ1n) is 5.83. The number of rotatable bonds is 3. The first-order chi connectivity index (χ1) is 6.90. The van der Waals surface area contributed by atoms with Gasteiger partial charge in [0, 0.05) is 0 Å². The standard InChI is InChI=1S/C12H23NO2/c1-11(2,3)15-10(14)12(8-9-13)6-4-5-7-12/h4-9,13H2,1-3H3. The van der Waals surface area contributed by atoms with Crippen molar-refractivity contribution in [2.45, 2.75) is 58.5 Å². The Morgan fingerprint density at radius 3 is 2.27 bits per heavy atom. The van der Waals surface area contributed by atoms with E-state index in [1.165, 1.54) is 0 Å². The molecule has 1 aliphatic rings. The molecular weight excluding hydrogens is 190 g/mol. The Balaban J connectivity index is 2.68. The number of esters is 1. The van der Waals surface area contributed by atoms with E-state index in [2.05, 4.69) is 0 Å². The van der Waals surface area contributed by atoms with Gasteiger partial charge in [-0.25, -0.2) is 0 Å². The molecule has 1 aliphatic carbocycles. The fraction of sp³-hybridized carbons (Fsp3) is 0.917. The van der Waals surface area contributed by atoms with E-state index in [0.29, 0.717) is 6.54 Å². The maximum Gasteiger partial charge on any atom is 0.312 e. The van der Waals surface area contributed by atoms with Gasteiger partial charge >= 0.3 is 5.97 Å². The molecule has 0 aliphatic heterocycles. The number of carbonyl (C=O) groups excluding carboxylic acids is 1. The lowest BCUT2D eigenvalue weighted by Gasteiger charge is -2.30. The molecule has 0 amide bonds. The monoisotopic (exact) mass is 213 g/mol. The van der Waals surface area contributed by atoms with Crippen molar-refractivity contribution < 1.29 is 9.53 Å². The first kappa shape index (κ1) is 12.5. The van der Waals surface area contributed by atoms with E-state index < -0.39 is 0 Å². The van der Waals surface area contributed by atoms with Gasteiger partial charge in [-0.05, 0) is 46.6 Å². The van der Waals surface area contributed by atoms with E-state index in [4.69, 9.17) is 10.5 Å². The molecule has 1 rings (SSSR count). The summed E-state index contributed by atoms with van der Waals surface area (Å²) in [6.45, 7) is 6.31. The third kappa shape index (κ3) is 3.20. The fourth-order valence-corrected chi connectivity index (χ4v) is 2.27. The second kappa shape index (κ2) is 4.52. The third-order valence-corrected chi connectivity index (χ3v) is 3.02. The summed E-state index contributed by atoms with van der Waals surface area (Å²) in [5.74, 6) is -0.0436. The largest absolute Gasteiger partial charge is 0.460 e. The molecule has 0 spiro atoms. The zero-order valence-electron chi connectivity index (χ0n) is 10.1. The van der Waals surface area contributed by atoms with Crippen LogP contribution in [0.4, 0.5) is 0 Å². The van der Waals surface area contributed by atoms with Crippen molar-refractivity contribution in [2.24, 2.45) is 11.1 Å². The predicted molar refractivity (Wildman–Crippen MR) is 60.4 cm³/mol. The van der Waals surface area contributed by atoms with Crippen molar-refractivity contribution in [3.63, 3.8) is 0 Å². The van der Waals surface area contributed by atoms with Gasteiger partial charge in [-0.2, -0.15) is 0 Å². The average molecular weight is 213 g/mol. The van der Waals surface area contributed by atoms with E-state index in [9.17, 15) is 4.79 Å². The molecule has 0 atom stereocenters. The second-order valence-corrected chi connectivity index (χ2v) is 5.53. The van der Waals surface area contributed by atoms with E-state index in [1.54, 1.807) is 0 Å². The first-order valence-corrected chi connectivity index (χ1v) is 5.83. The second-order valence-electron chi connectivity index (χ2n) is 5.53. The smallest absolute Gasteiger partial charge is 0.312 e. The summed E-state index contributed by atoms with van der Waals surface area (Å²) in [4.78, 5) is 12.1. The van der Waals surface area contributed by atoms with Crippen molar-refractivity contribution in [1.82, 2.24) is 0 Å². The number of carbonyl (C=O) groups is 1. The van der Waals surface area contributed by atoms with Crippen LogP contribution in [0.25, 0.3) is 0 Å². The topological polar surface area (TPSA) is 52.3 Å². The molecular formula is C12H23NO2. The number of nitrogens with two attached hydrogens (primary N) is 1. The highest BCUT2D eigenvalue weighted by atomic mass is 16.6. The summed E-state index contributed by atoms with van der Waals surface area (Å²) in [6.07, 6.45) is 4.90. The molecule has 15 heavy (non-hydrogen) atoms. The minimum Gasteiger partial charge on any atom is -0.460 e. The van der Waals surface area contributed by atoms with Crippen molar-refractivity contribution in [1.29, 1.82) is 0 Å². The van der Waals surface area contributed by atoms with Gasteiger partial charge in [0.25, 0.3) is 0 Å². The normalized spacial score (nSPS) is 20.3. The molecule has 0 aromatic carbocycles. The number of hydrogen-bond acceptors (Lipinski definition) is 3. The zero-order chi connectivity index (χ0) is 11.5.